The number of hydrogen-bond acceptors (Lipinski definition) is 4. The third kappa shape index (κ3) is 2.15. The van der Waals surface area contributed by atoms with Crippen molar-refractivity contribution in [1.82, 2.24) is 14.6 Å². The smallest absolute Gasteiger partial charge is 0.213 e. The molecule has 0 spiro atoms. The highest BCUT2D eigenvalue weighted by Gasteiger charge is 2.14. The van der Waals surface area contributed by atoms with E-state index in [0.29, 0.717) is 6.61 Å². The number of rotatable bonds is 3. The average Bonchev–Trinajstić information content (AvgIpc) is 2.91. The Balaban J connectivity index is 2.07. The minimum Gasteiger partial charge on any atom is -0.377 e. The summed E-state index contributed by atoms with van der Waals surface area (Å²) >= 11 is 1.57. The summed E-state index contributed by atoms with van der Waals surface area (Å²) in [5.41, 5.74) is 4.46. The zero-order valence-electron chi connectivity index (χ0n) is 11.2. The minimum atomic E-state index is 0.535. The van der Waals surface area contributed by atoms with E-state index in [0.717, 1.165) is 26.9 Å². The van der Waals surface area contributed by atoms with Crippen molar-refractivity contribution >= 4 is 16.3 Å². The standard InChI is InChI=1S/C14H15N3OS/c1-9-4-6-11(7-5-9)13-10(2)17-14(15-13)19-12(16-17)8-18-3/h4-7H,8H2,1-3H3. The fourth-order valence-corrected chi connectivity index (χ4v) is 2.97. The first-order valence-electron chi connectivity index (χ1n) is 6.10. The van der Waals surface area contributed by atoms with E-state index in [2.05, 4.69) is 41.3 Å². The van der Waals surface area contributed by atoms with Gasteiger partial charge in [0.2, 0.25) is 4.96 Å². The Labute approximate surface area is 115 Å². The van der Waals surface area contributed by atoms with Crippen LogP contribution >= 0.6 is 11.3 Å². The van der Waals surface area contributed by atoms with E-state index in [1.807, 2.05) is 11.4 Å². The lowest BCUT2D eigenvalue weighted by atomic mass is 10.1. The molecule has 0 fully saturated rings. The highest BCUT2D eigenvalue weighted by molar-refractivity contribution is 7.16. The lowest BCUT2D eigenvalue weighted by Crippen LogP contribution is -1.92. The van der Waals surface area contributed by atoms with Crippen LogP contribution in [0.2, 0.25) is 0 Å². The summed E-state index contributed by atoms with van der Waals surface area (Å²) in [6.45, 7) is 4.67. The quantitative estimate of drug-likeness (QED) is 0.735. The van der Waals surface area contributed by atoms with E-state index in [-0.39, 0.29) is 0 Å². The zero-order chi connectivity index (χ0) is 13.4. The molecule has 0 radical (unpaired) electrons. The number of fused-ring (bicyclic) bond motifs is 1. The molecule has 0 aliphatic carbocycles. The molecule has 0 aliphatic heterocycles. The lowest BCUT2D eigenvalue weighted by molar-refractivity contribution is 0.183. The van der Waals surface area contributed by atoms with Crippen molar-refractivity contribution in [3.8, 4) is 11.3 Å². The lowest BCUT2D eigenvalue weighted by Gasteiger charge is -1.99. The highest BCUT2D eigenvalue weighted by atomic mass is 32.1. The van der Waals surface area contributed by atoms with Crippen LogP contribution in [-0.2, 0) is 11.3 Å². The van der Waals surface area contributed by atoms with Gasteiger partial charge in [-0.05, 0) is 13.8 Å². The van der Waals surface area contributed by atoms with Crippen LogP contribution < -0.4 is 0 Å². The monoisotopic (exact) mass is 273 g/mol. The Bertz CT molecular complexity index is 712. The van der Waals surface area contributed by atoms with E-state index in [9.17, 15) is 0 Å². The summed E-state index contributed by atoms with van der Waals surface area (Å²) in [4.78, 5) is 5.60. The molecule has 2 aromatic heterocycles. The summed E-state index contributed by atoms with van der Waals surface area (Å²) in [5, 5.41) is 5.46. The Morgan fingerprint density at radius 1 is 1.21 bits per heavy atom. The second-order valence-corrected chi connectivity index (χ2v) is 5.58. The van der Waals surface area contributed by atoms with Crippen LogP contribution in [0.4, 0.5) is 0 Å². The molecule has 0 aliphatic rings. The fourth-order valence-electron chi connectivity index (χ4n) is 2.06. The summed E-state index contributed by atoms with van der Waals surface area (Å²) in [5.74, 6) is 0. The third-order valence-corrected chi connectivity index (χ3v) is 3.94. The summed E-state index contributed by atoms with van der Waals surface area (Å²) in [6.07, 6.45) is 0. The van der Waals surface area contributed by atoms with Crippen molar-refractivity contribution < 1.29 is 4.74 Å². The first-order valence-corrected chi connectivity index (χ1v) is 6.91. The Kier molecular flexibility index (Phi) is 3.08. The van der Waals surface area contributed by atoms with Gasteiger partial charge in [0.05, 0.1) is 18.0 Å². The predicted molar refractivity (Wildman–Crippen MR) is 76.5 cm³/mol. The van der Waals surface area contributed by atoms with Crippen molar-refractivity contribution in [1.29, 1.82) is 0 Å². The minimum absolute atomic E-state index is 0.535. The van der Waals surface area contributed by atoms with Gasteiger partial charge in [0.15, 0.2) is 0 Å². The Morgan fingerprint density at radius 3 is 2.58 bits per heavy atom. The molecule has 98 valence electrons. The molecule has 19 heavy (non-hydrogen) atoms. The summed E-state index contributed by atoms with van der Waals surface area (Å²) in [6, 6.07) is 8.41. The van der Waals surface area contributed by atoms with Gasteiger partial charge in [0.25, 0.3) is 0 Å². The van der Waals surface area contributed by atoms with Gasteiger partial charge in [-0.2, -0.15) is 5.10 Å². The van der Waals surface area contributed by atoms with Crippen LogP contribution in [-0.4, -0.2) is 21.7 Å². The van der Waals surface area contributed by atoms with Crippen LogP contribution in [0.1, 0.15) is 16.3 Å². The van der Waals surface area contributed by atoms with Crippen LogP contribution in [0, 0.1) is 13.8 Å². The molecule has 0 amide bonds. The van der Waals surface area contributed by atoms with Gasteiger partial charge < -0.3 is 4.74 Å². The van der Waals surface area contributed by atoms with E-state index in [1.165, 1.54) is 5.56 Å². The molecule has 4 nitrogen and oxygen atoms in total. The normalized spacial score (nSPS) is 11.3. The molecule has 0 N–H and O–H groups in total. The molecule has 3 rings (SSSR count). The van der Waals surface area contributed by atoms with E-state index >= 15 is 0 Å². The van der Waals surface area contributed by atoms with Crippen molar-refractivity contribution in [3.63, 3.8) is 0 Å². The van der Waals surface area contributed by atoms with Gasteiger partial charge in [-0.25, -0.2) is 9.50 Å². The largest absolute Gasteiger partial charge is 0.377 e. The van der Waals surface area contributed by atoms with E-state index < -0.39 is 0 Å². The molecule has 1 aromatic carbocycles. The van der Waals surface area contributed by atoms with Crippen LogP contribution in [0.15, 0.2) is 24.3 Å². The predicted octanol–water partition coefficient (Wildman–Crippen LogP) is 3.22. The molecule has 0 unspecified atom stereocenters. The first kappa shape index (κ1) is 12.3. The van der Waals surface area contributed by atoms with Gasteiger partial charge >= 0.3 is 0 Å². The summed E-state index contributed by atoms with van der Waals surface area (Å²) in [7, 11) is 1.68. The van der Waals surface area contributed by atoms with Gasteiger partial charge in [0.1, 0.15) is 5.01 Å². The third-order valence-electron chi connectivity index (χ3n) is 3.06. The molecular weight excluding hydrogens is 258 g/mol. The maximum Gasteiger partial charge on any atom is 0.213 e. The maximum absolute atomic E-state index is 5.10. The Morgan fingerprint density at radius 2 is 1.95 bits per heavy atom. The van der Waals surface area contributed by atoms with Gasteiger partial charge in [-0.1, -0.05) is 41.2 Å². The Hall–Kier alpha value is -1.72. The van der Waals surface area contributed by atoms with Gasteiger partial charge in [0, 0.05) is 12.7 Å². The molecule has 0 saturated carbocycles. The molecule has 0 atom stereocenters. The maximum atomic E-state index is 5.10. The number of aromatic nitrogens is 3. The van der Waals surface area contributed by atoms with Gasteiger partial charge in [-0.15, -0.1) is 0 Å². The van der Waals surface area contributed by atoms with Crippen molar-refractivity contribution in [2.24, 2.45) is 0 Å². The molecule has 2 heterocycles. The number of imidazole rings is 1. The molecule has 0 bridgehead atoms. The first-order chi connectivity index (χ1) is 9.19. The number of ether oxygens (including phenoxy) is 1. The van der Waals surface area contributed by atoms with E-state index in [4.69, 9.17) is 4.74 Å². The SMILES string of the molecule is COCc1nn2c(C)c(-c3ccc(C)cc3)nc2s1. The van der Waals surface area contributed by atoms with Crippen molar-refractivity contribution in [3.05, 3.63) is 40.5 Å². The number of nitrogens with zero attached hydrogens (tertiary/aromatic N) is 3. The number of hydrogen-bond donors (Lipinski definition) is 0. The van der Waals surface area contributed by atoms with E-state index in [1.54, 1.807) is 18.4 Å². The molecular formula is C14H15N3OS. The number of methoxy groups -OCH3 is 1. The highest BCUT2D eigenvalue weighted by Crippen LogP contribution is 2.26. The molecule has 3 aromatic rings. The molecule has 5 heteroatoms. The fraction of sp³-hybridized carbons (Fsp3) is 0.286. The van der Waals surface area contributed by atoms with Crippen LogP contribution in [0.25, 0.3) is 16.2 Å². The topological polar surface area (TPSA) is 39.4 Å². The van der Waals surface area contributed by atoms with Crippen molar-refractivity contribution in [2.75, 3.05) is 7.11 Å². The van der Waals surface area contributed by atoms with Gasteiger partial charge in [-0.3, -0.25) is 0 Å². The number of aryl methyl sites for hydroxylation is 2. The average molecular weight is 273 g/mol. The molecule has 0 saturated heterocycles. The number of benzene rings is 1. The van der Waals surface area contributed by atoms with Crippen molar-refractivity contribution in [2.45, 2.75) is 20.5 Å². The zero-order valence-corrected chi connectivity index (χ0v) is 12.0. The summed E-state index contributed by atoms with van der Waals surface area (Å²) < 4.78 is 7.00. The second-order valence-electron chi connectivity index (χ2n) is 4.54. The van der Waals surface area contributed by atoms with Crippen LogP contribution in [0.5, 0.6) is 0 Å². The van der Waals surface area contributed by atoms with Crippen LogP contribution in [0.3, 0.4) is 0 Å². The second kappa shape index (κ2) is 4.75.